The number of methoxy groups -OCH3 is 2. The summed E-state index contributed by atoms with van der Waals surface area (Å²) in [5.74, 6) is 2.88. The van der Waals surface area contributed by atoms with Gasteiger partial charge in [-0.3, -0.25) is 14.7 Å². The first-order valence-corrected chi connectivity index (χ1v) is 11.7. The van der Waals surface area contributed by atoms with Gasteiger partial charge in [-0.2, -0.15) is 0 Å². The van der Waals surface area contributed by atoms with E-state index in [4.69, 9.17) is 18.9 Å². The molecule has 5 rings (SSSR count). The highest BCUT2D eigenvalue weighted by molar-refractivity contribution is 5.78. The summed E-state index contributed by atoms with van der Waals surface area (Å²) in [5.41, 5.74) is 4.31. The zero-order valence-corrected chi connectivity index (χ0v) is 20.0. The molecule has 0 radical (unpaired) electrons. The van der Waals surface area contributed by atoms with Crippen molar-refractivity contribution in [2.75, 3.05) is 34.1 Å². The molecule has 2 aliphatic heterocycles. The largest absolute Gasteiger partial charge is 0.493 e. The number of ether oxygens (including phenoxy) is 4. The lowest BCUT2D eigenvalue weighted by molar-refractivity contribution is -0.123. The Kier molecular flexibility index (Phi) is 6.72. The molecule has 3 heterocycles. The maximum atomic E-state index is 12.9. The average Bonchev–Trinajstić information content (AvgIpc) is 3.35. The van der Waals surface area contributed by atoms with Crippen LogP contribution in [0.5, 0.6) is 23.0 Å². The number of hydrogen-bond donors (Lipinski definition) is 1. The zero-order valence-electron chi connectivity index (χ0n) is 20.0. The summed E-state index contributed by atoms with van der Waals surface area (Å²) in [6.45, 7) is 1.70. The maximum Gasteiger partial charge on any atom is 0.234 e. The molecule has 8 heteroatoms. The second kappa shape index (κ2) is 10.2. The van der Waals surface area contributed by atoms with Gasteiger partial charge in [-0.15, -0.1) is 0 Å². The number of fused-ring (bicyclic) bond motifs is 2. The quantitative estimate of drug-likeness (QED) is 0.535. The molecule has 1 amide bonds. The molecule has 0 spiro atoms. The van der Waals surface area contributed by atoms with Crippen molar-refractivity contribution in [1.82, 2.24) is 15.2 Å². The monoisotopic (exact) mass is 475 g/mol. The topological polar surface area (TPSA) is 82.2 Å². The van der Waals surface area contributed by atoms with Gasteiger partial charge in [-0.25, -0.2) is 0 Å². The van der Waals surface area contributed by atoms with Gasteiger partial charge in [0.15, 0.2) is 23.0 Å². The highest BCUT2D eigenvalue weighted by Crippen LogP contribution is 2.42. The van der Waals surface area contributed by atoms with Crippen molar-refractivity contribution in [3.05, 3.63) is 77.1 Å². The van der Waals surface area contributed by atoms with E-state index < -0.39 is 0 Å². The van der Waals surface area contributed by atoms with Crippen molar-refractivity contribution in [1.29, 1.82) is 0 Å². The van der Waals surface area contributed by atoms with E-state index in [1.807, 2.05) is 36.4 Å². The predicted molar refractivity (Wildman–Crippen MR) is 130 cm³/mol. The Hall–Kier alpha value is -3.78. The number of nitrogens with one attached hydrogen (secondary N) is 1. The minimum Gasteiger partial charge on any atom is -0.493 e. The molecule has 2 aliphatic rings. The summed E-state index contributed by atoms with van der Waals surface area (Å²) in [7, 11) is 3.26. The smallest absolute Gasteiger partial charge is 0.234 e. The number of amides is 1. The standard InChI is InChI=1S/C27H29N3O5/c1-32-23-7-6-18(12-24(23)33-2)11-22-21-14-26-25(34-17-35-26)13-19(21)8-10-30(22)16-27(31)29-15-20-5-3-4-9-28-20/h3-7,9,12-14,22H,8,10-11,15-17H2,1-2H3,(H,29,31). The Balaban J connectivity index is 1.39. The van der Waals surface area contributed by atoms with Crippen molar-refractivity contribution in [3.8, 4) is 23.0 Å². The van der Waals surface area contributed by atoms with Crippen LogP contribution in [0.25, 0.3) is 0 Å². The lowest BCUT2D eigenvalue weighted by atomic mass is 9.88. The van der Waals surface area contributed by atoms with E-state index >= 15 is 0 Å². The van der Waals surface area contributed by atoms with Gasteiger partial charge in [0.2, 0.25) is 12.7 Å². The van der Waals surface area contributed by atoms with E-state index in [9.17, 15) is 4.79 Å². The summed E-state index contributed by atoms with van der Waals surface area (Å²) >= 11 is 0. The molecule has 1 unspecified atom stereocenters. The second-order valence-electron chi connectivity index (χ2n) is 8.63. The van der Waals surface area contributed by atoms with Crippen LogP contribution >= 0.6 is 0 Å². The summed E-state index contributed by atoms with van der Waals surface area (Å²) in [6, 6.07) is 15.8. The maximum absolute atomic E-state index is 12.9. The summed E-state index contributed by atoms with van der Waals surface area (Å²) in [4.78, 5) is 19.4. The van der Waals surface area contributed by atoms with Crippen LogP contribution in [0, 0.1) is 0 Å². The molecule has 0 saturated carbocycles. The first-order valence-electron chi connectivity index (χ1n) is 11.7. The first kappa shape index (κ1) is 23.0. The molecule has 2 aromatic carbocycles. The number of benzene rings is 2. The lowest BCUT2D eigenvalue weighted by Gasteiger charge is -2.37. The molecule has 0 bridgehead atoms. The highest BCUT2D eigenvalue weighted by Gasteiger charge is 2.31. The van der Waals surface area contributed by atoms with Crippen molar-refractivity contribution in [3.63, 3.8) is 0 Å². The third-order valence-electron chi connectivity index (χ3n) is 6.52. The molecule has 8 nitrogen and oxygen atoms in total. The fourth-order valence-corrected chi connectivity index (χ4v) is 4.73. The van der Waals surface area contributed by atoms with E-state index in [2.05, 4.69) is 27.3 Å². The van der Waals surface area contributed by atoms with Crippen LogP contribution in [0.4, 0.5) is 0 Å². The van der Waals surface area contributed by atoms with E-state index in [-0.39, 0.29) is 18.7 Å². The van der Waals surface area contributed by atoms with Crippen LogP contribution in [-0.2, 0) is 24.2 Å². The van der Waals surface area contributed by atoms with Crippen molar-refractivity contribution in [2.24, 2.45) is 0 Å². The Morgan fingerprint density at radius 1 is 1.09 bits per heavy atom. The first-order chi connectivity index (χ1) is 17.1. The molecular formula is C27H29N3O5. The molecular weight excluding hydrogens is 446 g/mol. The molecule has 1 atom stereocenters. The van der Waals surface area contributed by atoms with Gasteiger partial charge in [0, 0.05) is 18.8 Å². The number of rotatable bonds is 8. The number of pyridine rings is 1. The van der Waals surface area contributed by atoms with Gasteiger partial charge < -0.3 is 24.3 Å². The van der Waals surface area contributed by atoms with Crippen LogP contribution in [-0.4, -0.2) is 49.9 Å². The SMILES string of the molecule is COc1ccc(CC2c3cc4c(cc3CCN2CC(=O)NCc2ccccn2)OCO4)cc1OC. The number of carbonyl (C=O) groups is 1. The molecule has 0 saturated heterocycles. The van der Waals surface area contributed by atoms with E-state index in [1.54, 1.807) is 20.4 Å². The van der Waals surface area contributed by atoms with Crippen LogP contribution < -0.4 is 24.3 Å². The zero-order chi connectivity index (χ0) is 24.2. The Morgan fingerprint density at radius 2 is 1.91 bits per heavy atom. The number of aromatic nitrogens is 1. The van der Waals surface area contributed by atoms with Gasteiger partial charge in [0.05, 0.1) is 33.0 Å². The third-order valence-corrected chi connectivity index (χ3v) is 6.52. The van der Waals surface area contributed by atoms with Crippen LogP contribution in [0.15, 0.2) is 54.7 Å². The summed E-state index contributed by atoms with van der Waals surface area (Å²) < 4.78 is 22.2. The van der Waals surface area contributed by atoms with Gasteiger partial charge in [0.25, 0.3) is 0 Å². The molecule has 35 heavy (non-hydrogen) atoms. The lowest BCUT2D eigenvalue weighted by Crippen LogP contribution is -2.43. The van der Waals surface area contributed by atoms with Crippen LogP contribution in [0.1, 0.15) is 28.4 Å². The second-order valence-corrected chi connectivity index (χ2v) is 8.63. The van der Waals surface area contributed by atoms with Crippen molar-refractivity contribution < 1.29 is 23.7 Å². The van der Waals surface area contributed by atoms with Gasteiger partial charge in [-0.1, -0.05) is 12.1 Å². The highest BCUT2D eigenvalue weighted by atomic mass is 16.7. The van der Waals surface area contributed by atoms with Crippen LogP contribution in [0.3, 0.4) is 0 Å². The van der Waals surface area contributed by atoms with Crippen LogP contribution in [0.2, 0.25) is 0 Å². The van der Waals surface area contributed by atoms with E-state index in [0.29, 0.717) is 31.0 Å². The molecule has 1 N–H and O–H groups in total. The molecule has 0 fully saturated rings. The van der Waals surface area contributed by atoms with E-state index in [0.717, 1.165) is 41.3 Å². The number of nitrogens with zero attached hydrogens (tertiary/aromatic N) is 2. The van der Waals surface area contributed by atoms with E-state index in [1.165, 1.54) is 5.56 Å². The normalized spacial score (nSPS) is 16.5. The van der Waals surface area contributed by atoms with Gasteiger partial charge >= 0.3 is 0 Å². The Labute approximate surface area is 204 Å². The molecule has 182 valence electrons. The molecule has 3 aromatic rings. The Morgan fingerprint density at radius 3 is 2.69 bits per heavy atom. The summed E-state index contributed by atoms with van der Waals surface area (Å²) in [5, 5.41) is 3.01. The fraction of sp³-hybridized carbons (Fsp3) is 0.333. The Bertz CT molecular complexity index is 1200. The number of carbonyl (C=O) groups excluding carboxylic acids is 1. The minimum atomic E-state index is -0.0304. The average molecular weight is 476 g/mol. The predicted octanol–water partition coefficient (Wildman–Crippen LogP) is 3.29. The van der Waals surface area contributed by atoms with Gasteiger partial charge in [0.1, 0.15) is 0 Å². The molecule has 1 aromatic heterocycles. The summed E-state index contributed by atoms with van der Waals surface area (Å²) in [6.07, 6.45) is 3.27. The third kappa shape index (κ3) is 5.02. The fourth-order valence-electron chi connectivity index (χ4n) is 4.73. The van der Waals surface area contributed by atoms with Crippen molar-refractivity contribution in [2.45, 2.75) is 25.4 Å². The van der Waals surface area contributed by atoms with Crippen molar-refractivity contribution >= 4 is 5.91 Å². The number of hydrogen-bond acceptors (Lipinski definition) is 7. The van der Waals surface area contributed by atoms with Gasteiger partial charge in [-0.05, 0) is 65.9 Å². The molecule has 0 aliphatic carbocycles. The minimum absolute atomic E-state index is 0.00745.